The van der Waals surface area contributed by atoms with Gasteiger partial charge in [0.25, 0.3) is 0 Å². The normalized spacial score (nSPS) is 27.0. The van der Waals surface area contributed by atoms with E-state index in [2.05, 4.69) is 42.8 Å². The molecule has 0 N–H and O–H groups in total. The number of aromatic nitrogens is 1. The van der Waals surface area contributed by atoms with Crippen molar-refractivity contribution in [3.63, 3.8) is 0 Å². The van der Waals surface area contributed by atoms with Gasteiger partial charge in [-0.3, -0.25) is 14.7 Å². The van der Waals surface area contributed by atoms with Crippen molar-refractivity contribution < 1.29 is 4.79 Å². The zero-order chi connectivity index (χ0) is 14.5. The topological polar surface area (TPSA) is 33.2 Å². The first kappa shape index (κ1) is 15.2. The Kier molecular flexibility index (Phi) is 5.30. The predicted molar refractivity (Wildman–Crippen MR) is 81.2 cm³/mol. The maximum absolute atomic E-state index is 12.3. The molecule has 0 amide bonds. The molecule has 3 heteroatoms. The molecular weight excluding hydrogens is 248 g/mol. The Balaban J connectivity index is 1.97. The van der Waals surface area contributed by atoms with Gasteiger partial charge in [0.1, 0.15) is 5.78 Å². The minimum Gasteiger partial charge on any atom is -0.299 e. The Hall–Kier alpha value is -1.22. The summed E-state index contributed by atoms with van der Waals surface area (Å²) in [6.45, 7) is 9.38. The van der Waals surface area contributed by atoms with Crippen molar-refractivity contribution in [3.05, 3.63) is 30.1 Å². The van der Waals surface area contributed by atoms with Gasteiger partial charge in [0.15, 0.2) is 0 Å². The van der Waals surface area contributed by atoms with Gasteiger partial charge in [0.2, 0.25) is 0 Å². The third kappa shape index (κ3) is 3.89. The Labute approximate surface area is 122 Å². The van der Waals surface area contributed by atoms with Gasteiger partial charge in [0, 0.05) is 37.8 Å². The van der Waals surface area contributed by atoms with Crippen molar-refractivity contribution in [1.29, 1.82) is 0 Å². The van der Waals surface area contributed by atoms with E-state index in [1.807, 2.05) is 12.4 Å². The summed E-state index contributed by atoms with van der Waals surface area (Å²) in [5.74, 6) is 1.75. The molecule has 0 saturated heterocycles. The van der Waals surface area contributed by atoms with Crippen LogP contribution in [0.4, 0.5) is 0 Å². The van der Waals surface area contributed by atoms with E-state index >= 15 is 0 Å². The van der Waals surface area contributed by atoms with Gasteiger partial charge in [-0.25, -0.2) is 0 Å². The van der Waals surface area contributed by atoms with E-state index < -0.39 is 0 Å². The molecule has 0 aromatic carbocycles. The number of hydrogen-bond acceptors (Lipinski definition) is 3. The van der Waals surface area contributed by atoms with E-state index in [-0.39, 0.29) is 5.92 Å². The minimum absolute atomic E-state index is 0.216. The second kappa shape index (κ2) is 6.98. The van der Waals surface area contributed by atoms with Gasteiger partial charge < -0.3 is 0 Å². The van der Waals surface area contributed by atoms with Gasteiger partial charge in [-0.2, -0.15) is 0 Å². The highest BCUT2D eigenvalue weighted by molar-refractivity contribution is 5.82. The Morgan fingerprint density at radius 2 is 2.00 bits per heavy atom. The van der Waals surface area contributed by atoms with Crippen LogP contribution in [0.15, 0.2) is 24.5 Å². The summed E-state index contributed by atoms with van der Waals surface area (Å²) in [4.78, 5) is 18.7. The molecule has 110 valence electrons. The molecule has 20 heavy (non-hydrogen) atoms. The number of hydrogen-bond donors (Lipinski definition) is 0. The quantitative estimate of drug-likeness (QED) is 0.827. The fourth-order valence-corrected chi connectivity index (χ4v) is 3.31. The van der Waals surface area contributed by atoms with Crippen LogP contribution in [-0.4, -0.2) is 28.8 Å². The summed E-state index contributed by atoms with van der Waals surface area (Å²) in [5.41, 5.74) is 1.27. The van der Waals surface area contributed by atoms with Crippen molar-refractivity contribution in [1.82, 2.24) is 9.88 Å². The van der Waals surface area contributed by atoms with E-state index in [9.17, 15) is 4.79 Å². The second-order valence-corrected chi connectivity index (χ2v) is 6.28. The third-order valence-corrected chi connectivity index (χ3v) is 4.48. The maximum Gasteiger partial charge on any atom is 0.137 e. The van der Waals surface area contributed by atoms with Crippen LogP contribution in [0.3, 0.4) is 0 Å². The molecule has 1 aromatic rings. The highest BCUT2D eigenvalue weighted by atomic mass is 16.1. The van der Waals surface area contributed by atoms with Crippen LogP contribution in [0, 0.1) is 17.8 Å². The molecule has 3 unspecified atom stereocenters. The van der Waals surface area contributed by atoms with E-state index in [1.54, 1.807) is 0 Å². The molecule has 0 aliphatic heterocycles. The van der Waals surface area contributed by atoms with E-state index in [0.29, 0.717) is 17.6 Å². The van der Waals surface area contributed by atoms with Crippen molar-refractivity contribution in [2.75, 3.05) is 13.1 Å². The summed E-state index contributed by atoms with van der Waals surface area (Å²) in [5, 5.41) is 0. The molecule has 0 radical (unpaired) electrons. The third-order valence-electron chi connectivity index (χ3n) is 4.48. The number of rotatable bonds is 5. The number of carbonyl (C=O) groups excluding carboxylic acids is 1. The molecule has 3 atom stereocenters. The van der Waals surface area contributed by atoms with Crippen molar-refractivity contribution in [3.8, 4) is 0 Å². The van der Waals surface area contributed by atoms with Crippen LogP contribution in [0.5, 0.6) is 0 Å². The molecule has 3 nitrogen and oxygen atoms in total. The number of Topliss-reactive ketones (excluding diaryl/α,β-unsaturated/α-hetero) is 1. The molecule has 2 rings (SSSR count). The van der Waals surface area contributed by atoms with Gasteiger partial charge in [-0.15, -0.1) is 0 Å². The van der Waals surface area contributed by atoms with Gasteiger partial charge in [0.05, 0.1) is 0 Å². The molecule has 1 heterocycles. The average Bonchev–Trinajstić information content (AvgIpc) is 2.42. The van der Waals surface area contributed by atoms with Crippen LogP contribution in [0.1, 0.15) is 39.2 Å². The minimum atomic E-state index is 0.216. The Morgan fingerprint density at radius 3 is 2.60 bits per heavy atom. The summed E-state index contributed by atoms with van der Waals surface area (Å²) >= 11 is 0. The Morgan fingerprint density at radius 1 is 1.30 bits per heavy atom. The molecule has 1 saturated carbocycles. The lowest BCUT2D eigenvalue weighted by molar-refractivity contribution is -0.128. The van der Waals surface area contributed by atoms with E-state index in [0.717, 1.165) is 26.1 Å². The highest BCUT2D eigenvalue weighted by Crippen LogP contribution is 2.31. The monoisotopic (exact) mass is 274 g/mol. The number of pyridine rings is 1. The molecule has 1 aromatic heterocycles. The van der Waals surface area contributed by atoms with E-state index in [4.69, 9.17) is 0 Å². The van der Waals surface area contributed by atoms with Crippen LogP contribution in [0.2, 0.25) is 0 Å². The zero-order valence-electron chi connectivity index (χ0n) is 12.9. The zero-order valence-corrected chi connectivity index (χ0v) is 12.9. The van der Waals surface area contributed by atoms with Crippen LogP contribution in [0.25, 0.3) is 0 Å². The smallest absolute Gasteiger partial charge is 0.137 e. The van der Waals surface area contributed by atoms with Gasteiger partial charge in [-0.1, -0.05) is 20.8 Å². The average molecular weight is 274 g/mol. The Bertz CT molecular complexity index is 432. The summed E-state index contributed by atoms with van der Waals surface area (Å²) in [7, 11) is 0. The summed E-state index contributed by atoms with van der Waals surface area (Å²) in [6, 6.07) is 4.10. The molecular formula is C17H26N2O. The standard InChI is InChI=1S/C17H26N2O/c1-4-19(11-15-5-7-18-8-6-15)12-16-14(3)9-13(2)10-17(16)20/h5-8,13-14,16H,4,9-12H2,1-3H3. The lowest BCUT2D eigenvalue weighted by Crippen LogP contribution is -2.40. The summed E-state index contributed by atoms with van der Waals surface area (Å²) < 4.78 is 0. The fraction of sp³-hybridized carbons (Fsp3) is 0.647. The molecule has 1 aliphatic carbocycles. The summed E-state index contributed by atoms with van der Waals surface area (Å²) in [6.07, 6.45) is 5.61. The SMILES string of the molecule is CCN(Cc1ccncc1)CC1C(=O)CC(C)CC1C. The first-order valence-electron chi connectivity index (χ1n) is 7.74. The first-order valence-corrected chi connectivity index (χ1v) is 7.74. The molecule has 1 aliphatic rings. The van der Waals surface area contributed by atoms with Crippen LogP contribution >= 0.6 is 0 Å². The van der Waals surface area contributed by atoms with Gasteiger partial charge >= 0.3 is 0 Å². The number of ketones is 1. The lowest BCUT2D eigenvalue weighted by Gasteiger charge is -2.34. The largest absolute Gasteiger partial charge is 0.299 e. The fourth-order valence-electron chi connectivity index (χ4n) is 3.31. The van der Waals surface area contributed by atoms with Crippen molar-refractivity contribution >= 4 is 5.78 Å². The lowest BCUT2D eigenvalue weighted by atomic mass is 9.74. The first-order chi connectivity index (χ1) is 9.60. The highest BCUT2D eigenvalue weighted by Gasteiger charge is 2.33. The van der Waals surface area contributed by atoms with Crippen LogP contribution < -0.4 is 0 Å². The van der Waals surface area contributed by atoms with E-state index in [1.165, 1.54) is 12.0 Å². The molecule has 0 bridgehead atoms. The number of nitrogens with zero attached hydrogens (tertiary/aromatic N) is 2. The van der Waals surface area contributed by atoms with Crippen molar-refractivity contribution in [2.45, 2.75) is 40.2 Å². The predicted octanol–water partition coefficient (Wildman–Crippen LogP) is 3.15. The number of carbonyl (C=O) groups is 1. The molecule has 0 spiro atoms. The molecule has 1 fully saturated rings. The van der Waals surface area contributed by atoms with Gasteiger partial charge in [-0.05, 0) is 42.5 Å². The van der Waals surface area contributed by atoms with Crippen LogP contribution in [-0.2, 0) is 11.3 Å². The maximum atomic E-state index is 12.3. The van der Waals surface area contributed by atoms with Crippen molar-refractivity contribution in [2.24, 2.45) is 17.8 Å². The second-order valence-electron chi connectivity index (χ2n) is 6.28.